The molecule has 2 aliphatic heterocycles. The average molecular weight is 302 g/mol. The van der Waals surface area contributed by atoms with Crippen LogP contribution in [-0.2, 0) is 4.79 Å². The van der Waals surface area contributed by atoms with E-state index in [9.17, 15) is 9.90 Å². The summed E-state index contributed by atoms with van der Waals surface area (Å²) in [6, 6.07) is 0. The van der Waals surface area contributed by atoms with Crippen molar-refractivity contribution in [3.8, 4) is 0 Å². The van der Waals surface area contributed by atoms with Crippen LogP contribution in [0.4, 0.5) is 0 Å². The van der Waals surface area contributed by atoms with Crippen LogP contribution in [0.3, 0.4) is 0 Å². The van der Waals surface area contributed by atoms with Crippen LogP contribution in [0.5, 0.6) is 0 Å². The van der Waals surface area contributed by atoms with Crippen molar-refractivity contribution in [2.45, 2.75) is 19.3 Å². The van der Waals surface area contributed by atoms with Crippen molar-refractivity contribution in [3.05, 3.63) is 0 Å². The van der Waals surface area contributed by atoms with Gasteiger partial charge < -0.3 is 5.11 Å². The molecule has 0 saturated carbocycles. The summed E-state index contributed by atoms with van der Waals surface area (Å²) in [7, 11) is -0.859. The van der Waals surface area contributed by atoms with E-state index in [0.717, 1.165) is 10.1 Å². The fraction of sp³-hybridized carbons (Fsp3) is 0.545. The molecule has 0 aromatic rings. The Balaban J connectivity index is 1.88. The second kappa shape index (κ2) is 6.33. The lowest BCUT2D eigenvalue weighted by Crippen LogP contribution is -2.18. The third-order valence-corrected chi connectivity index (χ3v) is 6.22. The van der Waals surface area contributed by atoms with Crippen LogP contribution < -0.4 is 0 Å². The Hall–Kier alpha value is -1.15. The lowest BCUT2D eigenvalue weighted by molar-refractivity contribution is -0.141. The first-order valence-electron chi connectivity index (χ1n) is 5.96. The molecule has 0 aromatic carbocycles. The Bertz CT molecular complexity index is 487. The van der Waals surface area contributed by atoms with Gasteiger partial charge in [0.25, 0.3) is 0 Å². The predicted octanol–water partition coefficient (Wildman–Crippen LogP) is 1.83. The molecule has 2 heterocycles. The summed E-state index contributed by atoms with van der Waals surface area (Å²) in [5.41, 5.74) is 3.66. The summed E-state index contributed by atoms with van der Waals surface area (Å²) in [5.74, 6) is -1.17. The number of aliphatic carboxylic acids is 1. The third kappa shape index (κ3) is 3.66. The molecule has 3 unspecified atom stereocenters. The van der Waals surface area contributed by atoms with Gasteiger partial charge in [0.05, 0.1) is 27.1 Å². The molecule has 2 rings (SSSR count). The van der Waals surface area contributed by atoms with Crippen molar-refractivity contribution >= 4 is 48.9 Å². The molecule has 0 saturated heterocycles. The molecule has 0 spiro atoms. The maximum atomic E-state index is 11.3. The number of hydrogen-bond donors (Lipinski definition) is 3. The molecule has 8 heteroatoms. The van der Waals surface area contributed by atoms with Gasteiger partial charge in [0.2, 0.25) is 0 Å². The second-order valence-electron chi connectivity index (χ2n) is 4.49. The largest absolute Gasteiger partial charge is 0.481 e. The minimum absolute atomic E-state index is 0.388. The molecule has 3 atom stereocenters. The summed E-state index contributed by atoms with van der Waals surface area (Å²) < 4.78 is 0. The smallest absolute Gasteiger partial charge is 0.306 e. The Morgan fingerprint density at radius 3 is 2.26 bits per heavy atom. The zero-order valence-corrected chi connectivity index (χ0v) is 12.7. The van der Waals surface area contributed by atoms with E-state index in [1.54, 1.807) is 0 Å². The van der Waals surface area contributed by atoms with E-state index in [2.05, 4.69) is 26.7 Å². The molecular formula is C11H18N4O2S2. The molecule has 1 N–H and O–H groups in total. The monoisotopic (exact) mass is 302 g/mol. The van der Waals surface area contributed by atoms with Crippen molar-refractivity contribution < 1.29 is 9.90 Å². The summed E-state index contributed by atoms with van der Waals surface area (Å²) in [6.45, 7) is 0. The Labute approximate surface area is 117 Å². The molecule has 0 radical (unpaired) electrons. The van der Waals surface area contributed by atoms with Crippen LogP contribution in [0.25, 0.3) is 0 Å². The van der Waals surface area contributed by atoms with Gasteiger partial charge in [-0.3, -0.25) is 4.79 Å². The van der Waals surface area contributed by atoms with Crippen molar-refractivity contribution in [2.75, 3.05) is 12.5 Å². The SMILES string of the molecule is C[SH]1C=NN=C1CCC(CC1=NN=C[SH]1C)C(=O)O. The van der Waals surface area contributed by atoms with Gasteiger partial charge in [-0.25, -0.2) is 0 Å². The number of carbonyl (C=O) groups is 1. The average Bonchev–Trinajstić information content (AvgIpc) is 2.94. The van der Waals surface area contributed by atoms with Gasteiger partial charge in [0, 0.05) is 6.42 Å². The zero-order valence-electron chi connectivity index (χ0n) is 10.9. The zero-order chi connectivity index (χ0) is 13.8. The first-order valence-corrected chi connectivity index (χ1v) is 9.68. The lowest BCUT2D eigenvalue weighted by atomic mass is 10.0. The fourth-order valence-electron chi connectivity index (χ4n) is 1.86. The van der Waals surface area contributed by atoms with Crippen LogP contribution in [-0.4, -0.2) is 44.8 Å². The molecule has 106 valence electrons. The maximum absolute atomic E-state index is 11.3. The topological polar surface area (TPSA) is 86.7 Å². The minimum Gasteiger partial charge on any atom is -0.481 e. The number of carboxylic acid groups (broad SMARTS) is 1. The van der Waals surface area contributed by atoms with E-state index in [0.29, 0.717) is 19.3 Å². The van der Waals surface area contributed by atoms with Crippen molar-refractivity contribution in [1.29, 1.82) is 0 Å². The van der Waals surface area contributed by atoms with E-state index in [1.807, 2.05) is 17.3 Å². The molecule has 0 bridgehead atoms. The van der Waals surface area contributed by atoms with E-state index in [-0.39, 0.29) is 10.9 Å². The first kappa shape index (κ1) is 14.3. The van der Waals surface area contributed by atoms with Crippen LogP contribution in [0.15, 0.2) is 20.4 Å². The van der Waals surface area contributed by atoms with Crippen LogP contribution >= 0.6 is 21.8 Å². The highest BCUT2D eigenvalue weighted by Crippen LogP contribution is 2.32. The lowest BCUT2D eigenvalue weighted by Gasteiger charge is -2.16. The number of thiol groups is 2. The molecule has 0 fully saturated rings. The number of nitrogens with zero attached hydrogens (tertiary/aromatic N) is 4. The highest BCUT2D eigenvalue weighted by Gasteiger charge is 2.24. The quantitative estimate of drug-likeness (QED) is 0.654. The summed E-state index contributed by atoms with van der Waals surface area (Å²) in [5, 5.41) is 27.1. The molecule has 19 heavy (non-hydrogen) atoms. The van der Waals surface area contributed by atoms with Gasteiger partial charge >= 0.3 is 5.97 Å². The Morgan fingerprint density at radius 2 is 1.79 bits per heavy atom. The summed E-state index contributed by atoms with van der Waals surface area (Å²) in [4.78, 5) is 11.3. The van der Waals surface area contributed by atoms with E-state index < -0.39 is 22.8 Å². The highest BCUT2D eigenvalue weighted by molar-refractivity contribution is 8.40. The number of rotatable bonds is 6. The summed E-state index contributed by atoms with van der Waals surface area (Å²) >= 11 is 0. The first-order chi connectivity index (χ1) is 9.08. The summed E-state index contributed by atoms with van der Waals surface area (Å²) in [6.07, 6.45) is 5.92. The predicted molar refractivity (Wildman–Crippen MR) is 86.7 cm³/mol. The molecule has 2 aliphatic rings. The standard InChI is InChI=1S/C11H18N4O2S2/c1-18-6-12-14-9(18)4-3-8(11(16)17)5-10-15-13-7-19(10)2/h6-8,18-19H,3-5H2,1-2H3,(H,16,17). The fourth-order valence-corrected chi connectivity index (χ4v) is 3.92. The molecule has 0 aromatic heterocycles. The minimum atomic E-state index is -0.766. The maximum Gasteiger partial charge on any atom is 0.306 e. The van der Waals surface area contributed by atoms with Crippen molar-refractivity contribution in [2.24, 2.45) is 26.3 Å². The van der Waals surface area contributed by atoms with E-state index in [4.69, 9.17) is 0 Å². The van der Waals surface area contributed by atoms with Gasteiger partial charge in [0.15, 0.2) is 0 Å². The van der Waals surface area contributed by atoms with Gasteiger partial charge in [0.1, 0.15) is 0 Å². The van der Waals surface area contributed by atoms with E-state index in [1.165, 1.54) is 0 Å². The van der Waals surface area contributed by atoms with Gasteiger partial charge in [-0.05, 0) is 25.4 Å². The number of carboxylic acids is 1. The molecular weight excluding hydrogens is 284 g/mol. The van der Waals surface area contributed by atoms with Crippen molar-refractivity contribution in [1.82, 2.24) is 0 Å². The second-order valence-corrected chi connectivity index (χ2v) is 8.43. The van der Waals surface area contributed by atoms with Gasteiger partial charge in [-0.2, -0.15) is 32.0 Å². The van der Waals surface area contributed by atoms with E-state index >= 15 is 0 Å². The van der Waals surface area contributed by atoms with Crippen molar-refractivity contribution in [3.63, 3.8) is 0 Å². The van der Waals surface area contributed by atoms with Crippen LogP contribution in [0, 0.1) is 5.92 Å². The van der Waals surface area contributed by atoms with Crippen LogP contribution in [0.2, 0.25) is 0 Å². The van der Waals surface area contributed by atoms with Gasteiger partial charge in [-0.1, -0.05) is 0 Å². The normalized spacial score (nSPS) is 30.2. The Morgan fingerprint density at radius 1 is 1.21 bits per heavy atom. The molecule has 0 amide bonds. The third-order valence-electron chi connectivity index (χ3n) is 3.10. The highest BCUT2D eigenvalue weighted by atomic mass is 32.2. The Kier molecular flexibility index (Phi) is 4.76. The molecule has 0 aliphatic carbocycles. The van der Waals surface area contributed by atoms with Crippen LogP contribution in [0.1, 0.15) is 19.3 Å². The number of hydrogen-bond acceptors (Lipinski definition) is 5. The molecule has 6 nitrogen and oxygen atoms in total. The van der Waals surface area contributed by atoms with Gasteiger partial charge in [-0.15, -0.1) is 10.2 Å².